The van der Waals surface area contributed by atoms with Crippen LogP contribution in [-0.2, 0) is 4.79 Å². The van der Waals surface area contributed by atoms with Crippen molar-refractivity contribution < 1.29 is 24.0 Å². The highest BCUT2D eigenvalue weighted by Crippen LogP contribution is 2.27. The van der Waals surface area contributed by atoms with E-state index in [-0.39, 0.29) is 59.8 Å². The van der Waals surface area contributed by atoms with Crippen LogP contribution in [0, 0.1) is 11.2 Å². The maximum atomic E-state index is 14.5. The predicted octanol–water partition coefficient (Wildman–Crippen LogP) is 0.864. The summed E-state index contributed by atoms with van der Waals surface area (Å²) in [6.45, 7) is 0.641. The molecule has 1 aromatic carbocycles. The Morgan fingerprint density at radius 3 is 2.34 bits per heavy atom. The number of nitrogens with zero attached hydrogens (tertiary/aromatic N) is 4. The summed E-state index contributed by atoms with van der Waals surface area (Å²) in [5.41, 5.74) is 5.29. The summed E-state index contributed by atoms with van der Waals surface area (Å²) in [6, 6.07) is 7.22. The molecule has 4 N–H and O–H groups in total. The van der Waals surface area contributed by atoms with Crippen LogP contribution in [0.25, 0.3) is 10.9 Å². The Morgan fingerprint density at radius 1 is 1.03 bits per heavy atom. The first-order valence-corrected chi connectivity index (χ1v) is 9.70. The van der Waals surface area contributed by atoms with Gasteiger partial charge in [-0.05, 0) is 24.3 Å². The average molecular weight is 438 g/mol. The number of rotatable bonds is 4. The number of ketones is 1. The number of Topliss-reactive ketones (excluding diaryl/α,β-unsaturated/α-hetero) is 1. The standard InChI is InChI=1S/C21H19FN6O4/c22-14-5-4-12(19(23)24)17-16(14)13(11-28(17)32)18(29)21(31)27-9-7-26(8-10-27)20(30)15-3-1-2-6-25-15/h1-6,11,32H,7-10H2,(H3,23,24). The van der Waals surface area contributed by atoms with E-state index in [1.54, 1.807) is 18.2 Å². The molecule has 2 amide bonds. The summed E-state index contributed by atoms with van der Waals surface area (Å²) in [6.07, 6.45) is 2.45. The van der Waals surface area contributed by atoms with Crippen LogP contribution in [0.3, 0.4) is 0 Å². The minimum atomic E-state index is -1.01. The number of carbonyl (C=O) groups excluding carboxylic acids is 3. The first-order valence-electron chi connectivity index (χ1n) is 9.70. The number of benzene rings is 1. The van der Waals surface area contributed by atoms with Crippen molar-refractivity contribution in [2.75, 3.05) is 26.2 Å². The van der Waals surface area contributed by atoms with E-state index in [0.29, 0.717) is 4.73 Å². The number of halogens is 1. The molecule has 2 aromatic heterocycles. The summed E-state index contributed by atoms with van der Waals surface area (Å²) in [5, 5.41) is 17.5. The van der Waals surface area contributed by atoms with E-state index in [1.165, 1.54) is 22.1 Å². The quantitative estimate of drug-likeness (QED) is 0.181. The third kappa shape index (κ3) is 3.53. The molecule has 4 rings (SSSR count). The molecule has 32 heavy (non-hydrogen) atoms. The van der Waals surface area contributed by atoms with E-state index in [4.69, 9.17) is 11.1 Å². The lowest BCUT2D eigenvalue weighted by molar-refractivity contribution is -0.127. The normalized spacial score (nSPS) is 13.9. The molecule has 0 bridgehead atoms. The molecule has 1 aliphatic heterocycles. The first kappa shape index (κ1) is 21.0. The number of carbonyl (C=O) groups is 3. The van der Waals surface area contributed by atoms with Gasteiger partial charge in [-0.2, -0.15) is 4.73 Å². The van der Waals surface area contributed by atoms with Crippen molar-refractivity contribution in [3.05, 3.63) is 65.4 Å². The van der Waals surface area contributed by atoms with Crippen LogP contribution in [0.2, 0.25) is 0 Å². The Morgan fingerprint density at radius 2 is 1.72 bits per heavy atom. The SMILES string of the molecule is N=C(N)c1ccc(F)c2c(C(=O)C(=O)N3CCN(C(=O)c4ccccn4)CC3)cn(O)c12. The number of nitrogen functional groups attached to an aromatic ring is 1. The monoisotopic (exact) mass is 438 g/mol. The topological polar surface area (TPSA) is 146 Å². The fourth-order valence-corrected chi connectivity index (χ4v) is 3.72. The smallest absolute Gasteiger partial charge is 0.295 e. The highest BCUT2D eigenvalue weighted by molar-refractivity contribution is 6.45. The second kappa shape index (κ2) is 8.10. The Balaban J connectivity index is 1.54. The van der Waals surface area contributed by atoms with Crippen LogP contribution in [0.4, 0.5) is 4.39 Å². The predicted molar refractivity (Wildman–Crippen MR) is 111 cm³/mol. The molecule has 3 aromatic rings. The number of pyridine rings is 1. The van der Waals surface area contributed by atoms with Gasteiger partial charge in [0.1, 0.15) is 22.9 Å². The number of hydrogen-bond acceptors (Lipinski definition) is 6. The molecule has 0 atom stereocenters. The number of amidine groups is 1. The summed E-state index contributed by atoms with van der Waals surface area (Å²) in [4.78, 5) is 45.0. The number of nitrogens with two attached hydrogens (primary N) is 1. The molecule has 1 fully saturated rings. The highest BCUT2D eigenvalue weighted by atomic mass is 19.1. The average Bonchev–Trinajstić information content (AvgIpc) is 3.16. The van der Waals surface area contributed by atoms with Gasteiger partial charge in [-0.1, -0.05) is 6.07 Å². The zero-order valence-corrected chi connectivity index (χ0v) is 16.8. The van der Waals surface area contributed by atoms with Crippen molar-refractivity contribution in [1.29, 1.82) is 5.41 Å². The van der Waals surface area contributed by atoms with Gasteiger partial charge in [-0.3, -0.25) is 24.8 Å². The Bertz CT molecular complexity index is 1250. The molecule has 1 saturated heterocycles. The fraction of sp³-hybridized carbons (Fsp3) is 0.190. The van der Waals surface area contributed by atoms with Gasteiger partial charge >= 0.3 is 0 Å². The van der Waals surface area contributed by atoms with Gasteiger partial charge < -0.3 is 20.7 Å². The maximum absolute atomic E-state index is 14.5. The van der Waals surface area contributed by atoms with Crippen LogP contribution < -0.4 is 5.73 Å². The fourth-order valence-electron chi connectivity index (χ4n) is 3.72. The maximum Gasteiger partial charge on any atom is 0.295 e. The van der Waals surface area contributed by atoms with Gasteiger partial charge in [0.05, 0.1) is 17.1 Å². The van der Waals surface area contributed by atoms with E-state index >= 15 is 0 Å². The molecule has 3 heterocycles. The number of aromatic nitrogens is 2. The van der Waals surface area contributed by atoms with Gasteiger partial charge in [0, 0.05) is 37.9 Å². The lowest BCUT2D eigenvalue weighted by Gasteiger charge is -2.34. The second-order valence-electron chi connectivity index (χ2n) is 7.25. The molecule has 0 radical (unpaired) electrons. The number of amides is 2. The summed E-state index contributed by atoms with van der Waals surface area (Å²) in [7, 11) is 0. The van der Waals surface area contributed by atoms with Crippen LogP contribution in [0.1, 0.15) is 26.4 Å². The lowest BCUT2D eigenvalue weighted by Crippen LogP contribution is -2.52. The Kier molecular flexibility index (Phi) is 5.31. The van der Waals surface area contributed by atoms with Crippen molar-refractivity contribution in [3.63, 3.8) is 0 Å². The molecule has 0 spiro atoms. The van der Waals surface area contributed by atoms with Crippen LogP contribution >= 0.6 is 0 Å². The zero-order valence-electron chi connectivity index (χ0n) is 16.8. The highest BCUT2D eigenvalue weighted by Gasteiger charge is 2.32. The molecule has 11 heteroatoms. The number of hydrogen-bond donors (Lipinski definition) is 3. The molecular weight excluding hydrogens is 419 g/mol. The van der Waals surface area contributed by atoms with E-state index in [1.807, 2.05) is 0 Å². The second-order valence-corrected chi connectivity index (χ2v) is 7.25. The van der Waals surface area contributed by atoms with Gasteiger partial charge in [0.2, 0.25) is 0 Å². The summed E-state index contributed by atoms with van der Waals surface area (Å²) >= 11 is 0. The minimum Gasteiger partial charge on any atom is -0.428 e. The first-order chi connectivity index (χ1) is 15.3. The molecule has 10 nitrogen and oxygen atoms in total. The molecule has 1 aliphatic rings. The minimum absolute atomic E-state index is 0.0250. The van der Waals surface area contributed by atoms with Crippen molar-refractivity contribution in [1.82, 2.24) is 19.5 Å². The van der Waals surface area contributed by atoms with Gasteiger partial charge in [-0.15, -0.1) is 0 Å². The molecule has 0 unspecified atom stereocenters. The van der Waals surface area contributed by atoms with Crippen LogP contribution in [0.5, 0.6) is 0 Å². The van der Waals surface area contributed by atoms with E-state index in [2.05, 4.69) is 4.98 Å². The van der Waals surface area contributed by atoms with Crippen molar-refractivity contribution >= 4 is 34.3 Å². The Labute approximate surface area is 181 Å². The van der Waals surface area contributed by atoms with Crippen molar-refractivity contribution in [2.24, 2.45) is 5.73 Å². The van der Waals surface area contributed by atoms with Crippen LogP contribution in [0.15, 0.2) is 42.7 Å². The van der Waals surface area contributed by atoms with Crippen molar-refractivity contribution in [3.8, 4) is 0 Å². The number of fused-ring (bicyclic) bond motifs is 1. The summed E-state index contributed by atoms with van der Waals surface area (Å²) in [5.74, 6) is -3.42. The third-order valence-electron chi connectivity index (χ3n) is 5.34. The largest absolute Gasteiger partial charge is 0.428 e. The Hall–Kier alpha value is -4.28. The van der Waals surface area contributed by atoms with Gasteiger partial charge in [0.15, 0.2) is 0 Å². The van der Waals surface area contributed by atoms with Crippen LogP contribution in [-0.4, -0.2) is 74.3 Å². The van der Waals surface area contributed by atoms with E-state index in [0.717, 1.165) is 12.3 Å². The molecule has 164 valence electrons. The third-order valence-corrected chi connectivity index (χ3v) is 5.34. The van der Waals surface area contributed by atoms with Crippen molar-refractivity contribution in [2.45, 2.75) is 0 Å². The van der Waals surface area contributed by atoms with E-state index in [9.17, 15) is 24.0 Å². The number of piperazine rings is 1. The number of nitrogens with one attached hydrogen (secondary N) is 1. The molecular formula is C21H19FN6O4. The lowest BCUT2D eigenvalue weighted by atomic mass is 10.0. The van der Waals surface area contributed by atoms with Gasteiger partial charge in [0.25, 0.3) is 17.6 Å². The molecule has 0 aliphatic carbocycles. The summed E-state index contributed by atoms with van der Waals surface area (Å²) < 4.78 is 15.0. The van der Waals surface area contributed by atoms with Gasteiger partial charge in [-0.25, -0.2) is 4.39 Å². The zero-order chi connectivity index (χ0) is 23.0. The van der Waals surface area contributed by atoms with E-state index < -0.39 is 23.3 Å². The molecule has 0 saturated carbocycles.